The lowest BCUT2D eigenvalue weighted by molar-refractivity contribution is -0.119. The van der Waals surface area contributed by atoms with Crippen molar-refractivity contribution in [3.8, 4) is 0 Å². The summed E-state index contributed by atoms with van der Waals surface area (Å²) in [6.07, 6.45) is 0.695. The number of thiophene rings is 1. The van der Waals surface area contributed by atoms with Crippen LogP contribution in [-0.4, -0.2) is 31.1 Å². The van der Waals surface area contributed by atoms with Crippen molar-refractivity contribution in [1.82, 2.24) is 0 Å². The monoisotopic (exact) mass is 393 g/mol. The highest BCUT2D eigenvalue weighted by Gasteiger charge is 2.23. The van der Waals surface area contributed by atoms with Crippen LogP contribution in [0.5, 0.6) is 0 Å². The van der Waals surface area contributed by atoms with Crippen LogP contribution in [0.25, 0.3) is 0 Å². The number of esters is 2. The standard InChI is InChI=1S/C19H20FNO5S/c1-4-14-11(3)16(19(24)25-5-2)17(27-14)21-15(22)10-26-18(23)12-8-6-7-9-13(12)20/h6-9H,4-5,10H2,1-3H3,(H,21,22). The highest BCUT2D eigenvalue weighted by Crippen LogP contribution is 2.34. The van der Waals surface area contributed by atoms with Gasteiger partial charge >= 0.3 is 11.9 Å². The maximum atomic E-state index is 13.6. The Balaban J connectivity index is 2.08. The van der Waals surface area contributed by atoms with Gasteiger partial charge in [0.2, 0.25) is 0 Å². The predicted octanol–water partition coefficient (Wildman–Crippen LogP) is 3.73. The third-order valence-corrected chi connectivity index (χ3v) is 5.08. The van der Waals surface area contributed by atoms with E-state index in [1.807, 2.05) is 6.92 Å². The molecule has 2 aromatic rings. The molecule has 0 radical (unpaired) electrons. The third-order valence-electron chi connectivity index (χ3n) is 3.73. The molecule has 0 aliphatic heterocycles. The highest BCUT2D eigenvalue weighted by molar-refractivity contribution is 7.17. The summed E-state index contributed by atoms with van der Waals surface area (Å²) in [7, 11) is 0. The van der Waals surface area contributed by atoms with Crippen molar-refractivity contribution in [2.45, 2.75) is 27.2 Å². The minimum absolute atomic E-state index is 0.212. The Morgan fingerprint density at radius 1 is 1.11 bits per heavy atom. The fraction of sp³-hybridized carbons (Fsp3) is 0.316. The molecule has 27 heavy (non-hydrogen) atoms. The largest absolute Gasteiger partial charge is 0.462 e. The molecule has 0 atom stereocenters. The van der Waals surface area contributed by atoms with Crippen molar-refractivity contribution >= 4 is 34.2 Å². The first-order chi connectivity index (χ1) is 12.9. The van der Waals surface area contributed by atoms with Crippen LogP contribution in [0, 0.1) is 12.7 Å². The Morgan fingerprint density at radius 2 is 1.81 bits per heavy atom. The van der Waals surface area contributed by atoms with E-state index < -0.39 is 30.3 Å². The fourth-order valence-corrected chi connectivity index (χ4v) is 3.58. The number of anilines is 1. The van der Waals surface area contributed by atoms with Crippen LogP contribution in [0.4, 0.5) is 9.39 Å². The lowest BCUT2D eigenvalue weighted by atomic mass is 10.1. The first-order valence-electron chi connectivity index (χ1n) is 8.39. The van der Waals surface area contributed by atoms with Crippen molar-refractivity contribution in [3.63, 3.8) is 0 Å². The zero-order valence-corrected chi connectivity index (χ0v) is 16.1. The number of benzene rings is 1. The number of rotatable bonds is 7. The van der Waals surface area contributed by atoms with Crippen LogP contribution in [0.3, 0.4) is 0 Å². The SMILES string of the molecule is CCOC(=O)c1c(NC(=O)COC(=O)c2ccccc2F)sc(CC)c1C. The molecule has 0 saturated heterocycles. The van der Waals surface area contributed by atoms with Gasteiger partial charge in [-0.1, -0.05) is 19.1 Å². The maximum Gasteiger partial charge on any atom is 0.341 e. The summed E-state index contributed by atoms with van der Waals surface area (Å²) in [5.74, 6) is -2.82. The summed E-state index contributed by atoms with van der Waals surface area (Å²) in [5, 5.41) is 2.92. The molecule has 1 aromatic carbocycles. The fourth-order valence-electron chi connectivity index (χ4n) is 2.43. The van der Waals surface area contributed by atoms with E-state index in [9.17, 15) is 18.8 Å². The number of aryl methyl sites for hydroxylation is 1. The molecule has 0 bridgehead atoms. The number of carbonyl (C=O) groups is 3. The zero-order chi connectivity index (χ0) is 20.0. The molecule has 1 heterocycles. The van der Waals surface area contributed by atoms with E-state index in [2.05, 4.69) is 5.32 Å². The molecular weight excluding hydrogens is 373 g/mol. The molecule has 0 aliphatic carbocycles. The lowest BCUT2D eigenvalue weighted by Crippen LogP contribution is -2.22. The predicted molar refractivity (Wildman–Crippen MR) is 99.7 cm³/mol. The van der Waals surface area contributed by atoms with Crippen LogP contribution in [0.15, 0.2) is 24.3 Å². The van der Waals surface area contributed by atoms with Gasteiger partial charge in [-0.15, -0.1) is 11.3 Å². The maximum absolute atomic E-state index is 13.6. The summed E-state index contributed by atoms with van der Waals surface area (Å²) in [6, 6.07) is 5.33. The van der Waals surface area contributed by atoms with Crippen molar-refractivity contribution in [2.75, 3.05) is 18.5 Å². The van der Waals surface area contributed by atoms with Crippen molar-refractivity contribution in [2.24, 2.45) is 0 Å². The lowest BCUT2D eigenvalue weighted by Gasteiger charge is -2.08. The smallest absolute Gasteiger partial charge is 0.341 e. The van der Waals surface area contributed by atoms with Crippen molar-refractivity contribution in [3.05, 3.63) is 51.7 Å². The van der Waals surface area contributed by atoms with Gasteiger partial charge in [-0.3, -0.25) is 4.79 Å². The van der Waals surface area contributed by atoms with E-state index in [1.165, 1.54) is 29.5 Å². The minimum atomic E-state index is -0.939. The van der Waals surface area contributed by atoms with Gasteiger partial charge < -0.3 is 14.8 Å². The number of amides is 1. The van der Waals surface area contributed by atoms with Gasteiger partial charge in [-0.2, -0.15) is 0 Å². The Bertz CT molecular complexity index is 862. The van der Waals surface area contributed by atoms with Crippen LogP contribution in [0.1, 0.15) is 45.0 Å². The van der Waals surface area contributed by atoms with Crippen LogP contribution >= 0.6 is 11.3 Å². The van der Waals surface area contributed by atoms with Gasteiger partial charge in [0, 0.05) is 4.88 Å². The van der Waals surface area contributed by atoms with Crippen molar-refractivity contribution < 1.29 is 28.2 Å². The summed E-state index contributed by atoms with van der Waals surface area (Å²) in [6.45, 7) is 5.03. The van der Waals surface area contributed by atoms with E-state index in [0.717, 1.165) is 16.5 Å². The Morgan fingerprint density at radius 3 is 2.44 bits per heavy atom. The van der Waals surface area contributed by atoms with Gasteiger partial charge in [0.15, 0.2) is 6.61 Å². The van der Waals surface area contributed by atoms with Crippen LogP contribution in [0.2, 0.25) is 0 Å². The number of carbonyl (C=O) groups excluding carboxylic acids is 3. The second-order valence-corrected chi connectivity index (χ2v) is 6.64. The molecule has 0 unspecified atom stereocenters. The third kappa shape index (κ3) is 4.91. The van der Waals surface area contributed by atoms with E-state index in [-0.39, 0.29) is 12.2 Å². The van der Waals surface area contributed by atoms with Crippen LogP contribution < -0.4 is 5.32 Å². The number of ether oxygens (including phenoxy) is 2. The molecule has 144 valence electrons. The first kappa shape index (κ1) is 20.6. The number of hydrogen-bond donors (Lipinski definition) is 1. The molecule has 0 fully saturated rings. The van der Waals surface area contributed by atoms with E-state index in [0.29, 0.717) is 17.0 Å². The molecular formula is C19H20FNO5S. The quantitative estimate of drug-likeness (QED) is 0.725. The minimum Gasteiger partial charge on any atom is -0.462 e. The molecule has 0 spiro atoms. The number of hydrogen-bond acceptors (Lipinski definition) is 6. The molecule has 2 rings (SSSR count). The second kappa shape index (κ2) is 9.27. The summed E-state index contributed by atoms with van der Waals surface area (Å²) in [5.41, 5.74) is 0.796. The molecule has 1 aromatic heterocycles. The summed E-state index contributed by atoms with van der Waals surface area (Å²) >= 11 is 1.27. The Kier molecular flexibility index (Phi) is 7.06. The van der Waals surface area contributed by atoms with Gasteiger partial charge in [-0.25, -0.2) is 14.0 Å². The normalized spacial score (nSPS) is 10.4. The molecule has 6 nitrogen and oxygen atoms in total. The average molecular weight is 393 g/mol. The summed E-state index contributed by atoms with van der Waals surface area (Å²) in [4.78, 5) is 37.2. The average Bonchev–Trinajstić information content (AvgIpc) is 2.95. The number of nitrogens with one attached hydrogen (secondary N) is 1. The molecule has 8 heteroatoms. The van der Waals surface area contributed by atoms with Gasteiger partial charge in [-0.05, 0) is 38.0 Å². The Labute approximate surface area is 160 Å². The first-order valence-corrected chi connectivity index (χ1v) is 9.21. The van der Waals surface area contributed by atoms with Gasteiger partial charge in [0.25, 0.3) is 5.91 Å². The topological polar surface area (TPSA) is 81.7 Å². The van der Waals surface area contributed by atoms with Gasteiger partial charge in [0.1, 0.15) is 10.8 Å². The van der Waals surface area contributed by atoms with Crippen molar-refractivity contribution in [1.29, 1.82) is 0 Å². The summed E-state index contributed by atoms with van der Waals surface area (Å²) < 4.78 is 23.5. The zero-order valence-electron chi connectivity index (χ0n) is 15.3. The Hall–Kier alpha value is -2.74. The van der Waals surface area contributed by atoms with E-state index >= 15 is 0 Å². The second-order valence-electron chi connectivity index (χ2n) is 5.53. The molecule has 1 N–H and O–H groups in total. The van der Waals surface area contributed by atoms with Gasteiger partial charge in [0.05, 0.1) is 17.7 Å². The van der Waals surface area contributed by atoms with E-state index in [1.54, 1.807) is 13.8 Å². The number of halogens is 1. The van der Waals surface area contributed by atoms with E-state index in [4.69, 9.17) is 9.47 Å². The molecule has 1 amide bonds. The molecule has 0 aliphatic rings. The van der Waals surface area contributed by atoms with Crippen LogP contribution in [-0.2, 0) is 20.7 Å². The molecule has 0 saturated carbocycles. The highest BCUT2D eigenvalue weighted by atomic mass is 32.1.